The van der Waals surface area contributed by atoms with Crippen LogP contribution in [-0.4, -0.2) is 16.8 Å². The molecule has 0 radical (unpaired) electrons. The molecule has 0 bridgehead atoms. The molecular weight excluding hydrogens is 397 g/mol. The Labute approximate surface area is 166 Å². The minimum absolute atomic E-state index is 0.163. The van der Waals surface area contributed by atoms with Gasteiger partial charge < -0.3 is 5.32 Å². The molecule has 0 aliphatic heterocycles. The highest BCUT2D eigenvalue weighted by Crippen LogP contribution is 2.25. The first-order valence-electron chi connectivity index (χ1n) is 7.38. The third-order valence-electron chi connectivity index (χ3n) is 3.12. The molecule has 2 aromatic rings. The van der Waals surface area contributed by atoms with E-state index >= 15 is 0 Å². The predicted octanol–water partition coefficient (Wildman–Crippen LogP) is 4.55. The number of amides is 1. The molecule has 0 aliphatic rings. The zero-order chi connectivity index (χ0) is 18.2. The van der Waals surface area contributed by atoms with Gasteiger partial charge in [-0.1, -0.05) is 53.0 Å². The summed E-state index contributed by atoms with van der Waals surface area (Å²) in [6, 6.07) is 13.2. The van der Waals surface area contributed by atoms with E-state index in [4.69, 9.17) is 35.4 Å². The molecule has 2 aromatic carbocycles. The Bertz CT molecular complexity index is 754. The number of hydrogen-bond acceptors (Lipinski definition) is 3. The third-order valence-corrected chi connectivity index (χ3v) is 4.87. The highest BCUT2D eigenvalue weighted by atomic mass is 35.5. The normalized spacial score (nSPS) is 10.2. The van der Waals surface area contributed by atoms with Crippen LogP contribution in [0.25, 0.3) is 0 Å². The minimum Gasteiger partial charge on any atom is -0.330 e. The molecule has 2 rings (SSSR count). The van der Waals surface area contributed by atoms with Crippen LogP contribution in [0.3, 0.4) is 0 Å². The maximum absolute atomic E-state index is 11.8. The molecule has 0 atom stereocenters. The van der Waals surface area contributed by atoms with Crippen molar-refractivity contribution >= 4 is 63.9 Å². The van der Waals surface area contributed by atoms with Gasteiger partial charge in [-0.15, -0.1) is 11.8 Å². The van der Waals surface area contributed by atoms with Crippen molar-refractivity contribution in [3.8, 4) is 0 Å². The molecule has 25 heavy (non-hydrogen) atoms. The van der Waals surface area contributed by atoms with E-state index in [-0.39, 0.29) is 11.0 Å². The lowest BCUT2D eigenvalue weighted by atomic mass is 10.2. The monoisotopic (exact) mass is 413 g/mol. The Hall–Kier alpha value is -1.47. The van der Waals surface area contributed by atoms with E-state index in [0.29, 0.717) is 21.5 Å². The number of hydrazine groups is 1. The van der Waals surface area contributed by atoms with Crippen molar-refractivity contribution < 1.29 is 4.79 Å². The first kappa shape index (κ1) is 19.8. The van der Waals surface area contributed by atoms with Crippen molar-refractivity contribution in [2.24, 2.45) is 0 Å². The number of thioether (sulfide) groups is 1. The fourth-order valence-electron chi connectivity index (χ4n) is 1.85. The second kappa shape index (κ2) is 9.87. The Balaban J connectivity index is 1.68. The van der Waals surface area contributed by atoms with Gasteiger partial charge in [0.1, 0.15) is 0 Å². The average Bonchev–Trinajstić information content (AvgIpc) is 2.57. The summed E-state index contributed by atoms with van der Waals surface area (Å²) < 4.78 is 0. The molecule has 1 amide bonds. The van der Waals surface area contributed by atoms with Gasteiger partial charge in [0, 0.05) is 10.8 Å². The van der Waals surface area contributed by atoms with Gasteiger partial charge >= 0.3 is 0 Å². The molecule has 0 unspecified atom stereocenters. The van der Waals surface area contributed by atoms with Crippen LogP contribution in [0.15, 0.2) is 42.5 Å². The van der Waals surface area contributed by atoms with Crippen molar-refractivity contribution in [3.63, 3.8) is 0 Å². The molecule has 0 spiro atoms. The number of anilines is 1. The first-order valence-corrected chi connectivity index (χ1v) is 9.70. The van der Waals surface area contributed by atoms with E-state index in [1.54, 1.807) is 18.2 Å². The van der Waals surface area contributed by atoms with E-state index in [1.165, 1.54) is 22.9 Å². The van der Waals surface area contributed by atoms with Gasteiger partial charge in [0.2, 0.25) is 5.91 Å². The van der Waals surface area contributed by atoms with Gasteiger partial charge in [0.05, 0.1) is 16.5 Å². The Morgan fingerprint density at radius 3 is 2.52 bits per heavy atom. The number of halogens is 2. The van der Waals surface area contributed by atoms with Crippen molar-refractivity contribution in [3.05, 3.63) is 63.6 Å². The number of nitrogens with one attached hydrogen (secondary N) is 3. The number of aryl methyl sites for hydroxylation is 1. The fourth-order valence-corrected chi connectivity index (χ4v) is 3.26. The van der Waals surface area contributed by atoms with Crippen LogP contribution in [0.1, 0.15) is 11.1 Å². The largest absolute Gasteiger partial charge is 0.330 e. The maximum atomic E-state index is 11.8. The van der Waals surface area contributed by atoms with Crippen LogP contribution in [0.2, 0.25) is 10.0 Å². The lowest BCUT2D eigenvalue weighted by molar-refractivity contribution is -0.119. The van der Waals surface area contributed by atoms with Crippen molar-refractivity contribution in [1.29, 1.82) is 0 Å². The average molecular weight is 414 g/mol. The zero-order valence-electron chi connectivity index (χ0n) is 13.4. The van der Waals surface area contributed by atoms with Gasteiger partial charge in [-0.2, -0.15) is 0 Å². The molecule has 8 heteroatoms. The molecule has 0 fully saturated rings. The van der Waals surface area contributed by atoms with Crippen LogP contribution >= 0.6 is 47.2 Å². The van der Waals surface area contributed by atoms with Gasteiger partial charge in [-0.05, 0) is 42.9 Å². The van der Waals surface area contributed by atoms with E-state index < -0.39 is 0 Å². The number of thiocarbonyl (C=S) groups is 1. The zero-order valence-corrected chi connectivity index (χ0v) is 16.6. The van der Waals surface area contributed by atoms with Crippen molar-refractivity contribution in [2.75, 3.05) is 11.1 Å². The Kier molecular flexibility index (Phi) is 7.84. The van der Waals surface area contributed by atoms with Gasteiger partial charge in [0.25, 0.3) is 0 Å². The number of carbonyl (C=O) groups excluding carboxylic acids is 1. The number of hydrogen-bond donors (Lipinski definition) is 3. The van der Waals surface area contributed by atoms with Crippen LogP contribution in [0, 0.1) is 6.92 Å². The number of rotatable bonds is 5. The lowest BCUT2D eigenvalue weighted by Crippen LogP contribution is -2.44. The van der Waals surface area contributed by atoms with Crippen LogP contribution < -0.4 is 16.2 Å². The van der Waals surface area contributed by atoms with Crippen molar-refractivity contribution in [1.82, 2.24) is 10.9 Å². The quantitative estimate of drug-likeness (QED) is 0.495. The molecule has 4 nitrogen and oxygen atoms in total. The van der Waals surface area contributed by atoms with Gasteiger partial charge in [-0.25, -0.2) is 0 Å². The topological polar surface area (TPSA) is 53.2 Å². The standard InChI is InChI=1S/C17H17Cl2N3OS2/c1-11-2-4-12(5-3-11)9-25-10-16(23)21-22-17(24)20-15-7-6-13(18)8-14(15)19/h2-8H,9-10H2,1H3,(H,21,23)(H2,20,22,24). The molecule has 0 aromatic heterocycles. The summed E-state index contributed by atoms with van der Waals surface area (Å²) in [7, 11) is 0. The van der Waals surface area contributed by atoms with Crippen LogP contribution in [0.5, 0.6) is 0 Å². The molecule has 0 saturated heterocycles. The second-order valence-corrected chi connectivity index (χ2v) is 7.47. The van der Waals surface area contributed by atoms with Crippen LogP contribution in [-0.2, 0) is 10.5 Å². The second-order valence-electron chi connectivity index (χ2n) is 5.23. The summed E-state index contributed by atoms with van der Waals surface area (Å²) in [5, 5.41) is 4.10. The molecule has 0 aliphatic carbocycles. The van der Waals surface area contributed by atoms with Gasteiger partial charge in [0.15, 0.2) is 5.11 Å². The Morgan fingerprint density at radius 1 is 1.12 bits per heavy atom. The fraction of sp³-hybridized carbons (Fsp3) is 0.176. The summed E-state index contributed by atoms with van der Waals surface area (Å²) in [5.41, 5.74) is 8.20. The summed E-state index contributed by atoms with van der Waals surface area (Å²) in [4.78, 5) is 11.8. The molecule has 3 N–H and O–H groups in total. The predicted molar refractivity (Wildman–Crippen MR) is 111 cm³/mol. The smallest absolute Gasteiger partial charge is 0.248 e. The summed E-state index contributed by atoms with van der Waals surface area (Å²) in [6.07, 6.45) is 0. The maximum Gasteiger partial charge on any atom is 0.248 e. The van der Waals surface area contributed by atoms with Crippen LogP contribution in [0.4, 0.5) is 5.69 Å². The summed E-state index contributed by atoms with van der Waals surface area (Å²) in [5.74, 6) is 0.936. The van der Waals surface area contributed by atoms with E-state index in [2.05, 4.69) is 40.4 Å². The Morgan fingerprint density at radius 2 is 1.84 bits per heavy atom. The molecule has 0 saturated carbocycles. The molecule has 0 heterocycles. The SMILES string of the molecule is Cc1ccc(CSCC(=O)NNC(=S)Nc2ccc(Cl)cc2Cl)cc1. The number of carbonyl (C=O) groups is 1. The minimum atomic E-state index is -0.163. The molecule has 132 valence electrons. The highest BCUT2D eigenvalue weighted by Gasteiger charge is 2.06. The van der Waals surface area contributed by atoms with E-state index in [1.807, 2.05) is 6.92 Å². The third kappa shape index (κ3) is 7.12. The first-order chi connectivity index (χ1) is 11.9. The van der Waals surface area contributed by atoms with E-state index in [0.717, 1.165) is 5.75 Å². The summed E-state index contributed by atoms with van der Waals surface area (Å²) >= 11 is 18.5. The van der Waals surface area contributed by atoms with Crippen molar-refractivity contribution in [2.45, 2.75) is 12.7 Å². The lowest BCUT2D eigenvalue weighted by Gasteiger charge is -2.12. The molecular formula is C17H17Cl2N3OS2. The van der Waals surface area contributed by atoms with Gasteiger partial charge in [-0.3, -0.25) is 15.6 Å². The summed E-state index contributed by atoms with van der Waals surface area (Å²) in [6.45, 7) is 2.05. The highest BCUT2D eigenvalue weighted by molar-refractivity contribution is 7.99. The van der Waals surface area contributed by atoms with E-state index in [9.17, 15) is 4.79 Å². The number of benzene rings is 2.